The highest BCUT2D eigenvalue weighted by Crippen LogP contribution is 2.15. The molecule has 0 aliphatic carbocycles. The summed E-state index contributed by atoms with van der Waals surface area (Å²) in [4.78, 5) is 6.21. The van der Waals surface area contributed by atoms with E-state index in [9.17, 15) is 5.11 Å². The van der Waals surface area contributed by atoms with Crippen LogP contribution >= 0.6 is 0 Å². The van der Waals surface area contributed by atoms with Gasteiger partial charge in [-0.1, -0.05) is 6.07 Å². The van der Waals surface area contributed by atoms with Crippen molar-refractivity contribution in [1.29, 1.82) is 0 Å². The van der Waals surface area contributed by atoms with Gasteiger partial charge in [-0.3, -0.25) is 4.98 Å². The highest BCUT2D eigenvalue weighted by atomic mass is 16.3. The van der Waals surface area contributed by atoms with E-state index in [4.69, 9.17) is 5.73 Å². The Bertz CT molecular complexity index is 290. The second-order valence-electron chi connectivity index (χ2n) is 4.31. The third-order valence-electron chi connectivity index (χ3n) is 2.54. The van der Waals surface area contributed by atoms with Crippen molar-refractivity contribution in [1.82, 2.24) is 9.88 Å². The van der Waals surface area contributed by atoms with Crippen molar-refractivity contribution in [2.45, 2.75) is 25.0 Å². The van der Waals surface area contributed by atoms with Crippen LogP contribution in [0.5, 0.6) is 0 Å². The van der Waals surface area contributed by atoms with E-state index in [0.717, 1.165) is 19.4 Å². The molecule has 2 atom stereocenters. The Hall–Kier alpha value is -0.970. The maximum Gasteiger partial charge on any atom is 0.111 e. The summed E-state index contributed by atoms with van der Waals surface area (Å²) in [6.45, 7) is 0.989. The van der Waals surface area contributed by atoms with Crippen LogP contribution in [0.15, 0.2) is 24.4 Å². The molecule has 0 amide bonds. The smallest absolute Gasteiger partial charge is 0.111 e. The molecule has 3 N–H and O–H groups in total. The highest BCUT2D eigenvalue weighted by molar-refractivity contribution is 5.08. The number of pyridine rings is 1. The van der Waals surface area contributed by atoms with Gasteiger partial charge >= 0.3 is 0 Å². The van der Waals surface area contributed by atoms with Gasteiger partial charge in [0.15, 0.2) is 0 Å². The molecule has 0 aliphatic rings. The van der Waals surface area contributed by atoms with Gasteiger partial charge in [-0.25, -0.2) is 0 Å². The molecule has 90 valence electrons. The van der Waals surface area contributed by atoms with E-state index in [-0.39, 0.29) is 6.04 Å². The van der Waals surface area contributed by atoms with E-state index in [1.165, 1.54) is 0 Å². The Kier molecular flexibility index (Phi) is 5.38. The molecule has 1 aromatic rings. The zero-order chi connectivity index (χ0) is 12.0. The molecule has 0 spiro atoms. The molecular weight excluding hydrogens is 202 g/mol. The fourth-order valence-corrected chi connectivity index (χ4v) is 1.57. The van der Waals surface area contributed by atoms with Crippen LogP contribution in [0, 0.1) is 0 Å². The molecule has 0 bridgehead atoms. The lowest BCUT2D eigenvalue weighted by atomic mass is 10.0. The average Bonchev–Trinajstić information content (AvgIpc) is 2.28. The SMILES string of the molecule is CN(C)CCCC(N)C(O)c1ccccn1. The topological polar surface area (TPSA) is 62.4 Å². The van der Waals surface area contributed by atoms with E-state index in [2.05, 4.69) is 9.88 Å². The molecule has 0 aliphatic heterocycles. The maximum atomic E-state index is 9.95. The van der Waals surface area contributed by atoms with Crippen LogP contribution in [0.1, 0.15) is 24.6 Å². The molecule has 1 heterocycles. The van der Waals surface area contributed by atoms with Crippen molar-refractivity contribution in [2.24, 2.45) is 5.73 Å². The minimum absolute atomic E-state index is 0.241. The van der Waals surface area contributed by atoms with Crippen LogP contribution in [-0.4, -0.2) is 41.7 Å². The maximum absolute atomic E-state index is 9.95. The number of nitrogens with zero attached hydrogens (tertiary/aromatic N) is 2. The molecule has 1 aromatic heterocycles. The summed E-state index contributed by atoms with van der Waals surface area (Å²) in [6, 6.07) is 5.25. The quantitative estimate of drug-likeness (QED) is 0.748. The Balaban J connectivity index is 2.39. The van der Waals surface area contributed by atoms with E-state index in [0.29, 0.717) is 5.69 Å². The van der Waals surface area contributed by atoms with Crippen LogP contribution in [-0.2, 0) is 0 Å². The van der Waals surface area contributed by atoms with Crippen LogP contribution in [0.4, 0.5) is 0 Å². The third-order valence-corrected chi connectivity index (χ3v) is 2.54. The van der Waals surface area contributed by atoms with Crippen LogP contribution < -0.4 is 5.73 Å². The number of hydrogen-bond acceptors (Lipinski definition) is 4. The molecule has 16 heavy (non-hydrogen) atoms. The van der Waals surface area contributed by atoms with Crippen molar-refractivity contribution >= 4 is 0 Å². The Labute approximate surface area is 97.1 Å². The molecule has 0 fully saturated rings. The summed E-state index contributed by atoms with van der Waals surface area (Å²) in [5, 5.41) is 9.95. The summed E-state index contributed by atoms with van der Waals surface area (Å²) < 4.78 is 0. The lowest BCUT2D eigenvalue weighted by molar-refractivity contribution is 0.135. The van der Waals surface area contributed by atoms with E-state index < -0.39 is 6.10 Å². The summed E-state index contributed by atoms with van der Waals surface area (Å²) in [5.41, 5.74) is 6.58. The van der Waals surface area contributed by atoms with Gasteiger partial charge in [-0.2, -0.15) is 0 Å². The number of aliphatic hydroxyl groups excluding tert-OH is 1. The average molecular weight is 223 g/mol. The first-order chi connectivity index (χ1) is 7.61. The van der Waals surface area contributed by atoms with E-state index >= 15 is 0 Å². The van der Waals surface area contributed by atoms with Gasteiger partial charge in [0.05, 0.1) is 5.69 Å². The van der Waals surface area contributed by atoms with Gasteiger partial charge in [-0.15, -0.1) is 0 Å². The third kappa shape index (κ3) is 4.26. The van der Waals surface area contributed by atoms with Crippen molar-refractivity contribution in [3.63, 3.8) is 0 Å². The second-order valence-corrected chi connectivity index (χ2v) is 4.31. The summed E-state index contributed by atoms with van der Waals surface area (Å²) in [5.74, 6) is 0. The number of nitrogens with two attached hydrogens (primary N) is 1. The standard InChI is InChI=1S/C12H21N3O/c1-15(2)9-5-6-10(13)12(16)11-7-3-4-8-14-11/h3-4,7-8,10,12,16H,5-6,9,13H2,1-2H3. The van der Waals surface area contributed by atoms with Gasteiger partial charge in [0.2, 0.25) is 0 Å². The minimum atomic E-state index is -0.664. The fourth-order valence-electron chi connectivity index (χ4n) is 1.57. The van der Waals surface area contributed by atoms with Crippen LogP contribution in [0.25, 0.3) is 0 Å². The Morgan fingerprint density at radius 3 is 2.75 bits per heavy atom. The molecule has 2 unspecified atom stereocenters. The number of rotatable bonds is 6. The Morgan fingerprint density at radius 2 is 2.19 bits per heavy atom. The largest absolute Gasteiger partial charge is 0.385 e. The Morgan fingerprint density at radius 1 is 1.44 bits per heavy atom. The van der Waals surface area contributed by atoms with Crippen molar-refractivity contribution in [3.05, 3.63) is 30.1 Å². The fraction of sp³-hybridized carbons (Fsp3) is 0.583. The number of hydrogen-bond donors (Lipinski definition) is 2. The summed E-state index contributed by atoms with van der Waals surface area (Å²) in [7, 11) is 4.06. The van der Waals surface area contributed by atoms with E-state index in [1.807, 2.05) is 26.2 Å². The van der Waals surface area contributed by atoms with Crippen LogP contribution in [0.3, 0.4) is 0 Å². The molecule has 0 saturated heterocycles. The monoisotopic (exact) mass is 223 g/mol. The van der Waals surface area contributed by atoms with Crippen molar-refractivity contribution < 1.29 is 5.11 Å². The molecular formula is C12H21N3O. The number of aliphatic hydroxyl groups is 1. The van der Waals surface area contributed by atoms with E-state index in [1.54, 1.807) is 12.3 Å². The summed E-state index contributed by atoms with van der Waals surface area (Å²) in [6.07, 6.45) is 2.79. The minimum Gasteiger partial charge on any atom is -0.385 e. The van der Waals surface area contributed by atoms with Crippen LogP contribution in [0.2, 0.25) is 0 Å². The zero-order valence-corrected chi connectivity index (χ0v) is 10.0. The molecule has 0 radical (unpaired) electrons. The normalized spacial score (nSPS) is 15.1. The van der Waals surface area contributed by atoms with Gasteiger partial charge < -0.3 is 15.7 Å². The lowest BCUT2D eigenvalue weighted by Crippen LogP contribution is -2.30. The highest BCUT2D eigenvalue weighted by Gasteiger charge is 2.17. The summed E-state index contributed by atoms with van der Waals surface area (Å²) >= 11 is 0. The van der Waals surface area contributed by atoms with Gasteiger partial charge in [0.1, 0.15) is 6.10 Å². The lowest BCUT2D eigenvalue weighted by Gasteiger charge is -2.19. The molecule has 4 nitrogen and oxygen atoms in total. The van der Waals surface area contributed by atoms with Crippen molar-refractivity contribution in [2.75, 3.05) is 20.6 Å². The molecule has 0 aromatic carbocycles. The van der Waals surface area contributed by atoms with Gasteiger partial charge in [0, 0.05) is 12.2 Å². The first-order valence-corrected chi connectivity index (χ1v) is 5.60. The van der Waals surface area contributed by atoms with Gasteiger partial charge in [0.25, 0.3) is 0 Å². The van der Waals surface area contributed by atoms with Crippen molar-refractivity contribution in [3.8, 4) is 0 Å². The number of aromatic nitrogens is 1. The first-order valence-electron chi connectivity index (χ1n) is 5.60. The predicted molar refractivity (Wildman–Crippen MR) is 65.0 cm³/mol. The first kappa shape index (κ1) is 13.1. The zero-order valence-electron chi connectivity index (χ0n) is 10.0. The second kappa shape index (κ2) is 6.58. The molecule has 1 rings (SSSR count). The molecule has 4 heteroatoms. The predicted octanol–water partition coefficient (Wildman–Crippen LogP) is 0.784. The van der Waals surface area contributed by atoms with Gasteiger partial charge in [-0.05, 0) is 45.6 Å². The molecule has 0 saturated carbocycles.